The van der Waals surface area contributed by atoms with Crippen molar-refractivity contribution in [2.24, 2.45) is 0 Å². The number of para-hydroxylation sites is 2. The molecule has 6 aromatic carbocycles. The van der Waals surface area contributed by atoms with Crippen LogP contribution in [0.5, 0.6) is 23.3 Å². The number of nitrogens with zero attached hydrogens (tertiary/aromatic N) is 2. The molecule has 0 saturated carbocycles. The fourth-order valence-electron chi connectivity index (χ4n) is 7.16. The minimum absolute atomic E-state index is 0.110. The summed E-state index contributed by atoms with van der Waals surface area (Å²) in [4.78, 5) is 5.35. The smallest absolute Gasteiger partial charge is 0.344 e. The number of ether oxygens (including phenoxy) is 2. The van der Waals surface area contributed by atoms with Crippen LogP contribution >= 0.6 is 0 Å². The van der Waals surface area contributed by atoms with E-state index in [-0.39, 0.29) is 6.85 Å². The third kappa shape index (κ3) is 3.41. The molecule has 0 fully saturated rings. The molecule has 2 aliphatic heterocycles. The topological polar surface area (TPSA) is 36.3 Å². The number of hydrogen-bond donors (Lipinski definition) is 0. The SMILES string of the molecule is c1ccc([Si](c2ccccc2)(c2ccccc2)c2cccc3c2nc2n3B3c4ccccc4Oc4cccc(c43)O2)cc1. The van der Waals surface area contributed by atoms with Gasteiger partial charge in [0.2, 0.25) is 0 Å². The molecule has 1 aromatic heterocycles. The molecule has 0 unspecified atom stereocenters. The molecule has 202 valence electrons. The van der Waals surface area contributed by atoms with Gasteiger partial charge in [-0.05, 0) is 50.5 Å². The average molecular weight is 569 g/mol. The Morgan fingerprint density at radius 3 is 1.70 bits per heavy atom. The largest absolute Gasteiger partial charge is 0.458 e. The summed E-state index contributed by atoms with van der Waals surface area (Å²) in [6.45, 7) is -0.110. The molecule has 0 atom stereocenters. The molecular weight excluding hydrogens is 543 g/mol. The Hall–Kier alpha value is -5.33. The van der Waals surface area contributed by atoms with E-state index in [0.29, 0.717) is 6.01 Å². The van der Waals surface area contributed by atoms with Crippen molar-refractivity contribution in [3.63, 3.8) is 0 Å². The molecule has 7 aromatic rings. The van der Waals surface area contributed by atoms with Crippen molar-refractivity contribution in [2.45, 2.75) is 0 Å². The van der Waals surface area contributed by atoms with Gasteiger partial charge in [0.15, 0.2) is 8.07 Å². The van der Waals surface area contributed by atoms with Gasteiger partial charge < -0.3 is 14.0 Å². The molecule has 0 amide bonds. The van der Waals surface area contributed by atoms with E-state index in [9.17, 15) is 0 Å². The van der Waals surface area contributed by atoms with Gasteiger partial charge in [-0.3, -0.25) is 0 Å². The maximum atomic E-state index is 6.60. The highest BCUT2D eigenvalue weighted by atomic mass is 28.3. The second-order valence-electron chi connectivity index (χ2n) is 11.1. The lowest BCUT2D eigenvalue weighted by Gasteiger charge is -2.34. The highest BCUT2D eigenvalue weighted by molar-refractivity contribution is 7.20. The van der Waals surface area contributed by atoms with Crippen molar-refractivity contribution >= 4 is 57.6 Å². The van der Waals surface area contributed by atoms with Gasteiger partial charge in [0, 0.05) is 5.46 Å². The van der Waals surface area contributed by atoms with Gasteiger partial charge >= 0.3 is 6.85 Å². The average Bonchev–Trinajstić information content (AvgIpc) is 3.45. The Balaban J connectivity index is 1.40. The lowest BCUT2D eigenvalue weighted by molar-refractivity contribution is 0.429. The predicted octanol–water partition coefficient (Wildman–Crippen LogP) is 4.28. The molecule has 0 bridgehead atoms. The van der Waals surface area contributed by atoms with Crippen molar-refractivity contribution in [3.8, 4) is 23.3 Å². The van der Waals surface area contributed by atoms with Crippen LogP contribution in [-0.2, 0) is 0 Å². The summed E-state index contributed by atoms with van der Waals surface area (Å²) in [7, 11) is -2.82. The maximum Gasteiger partial charge on any atom is 0.344 e. The first-order valence-electron chi connectivity index (χ1n) is 14.6. The van der Waals surface area contributed by atoms with Gasteiger partial charge in [-0.15, -0.1) is 0 Å². The Kier molecular flexibility index (Phi) is 5.28. The fraction of sp³-hybridized carbons (Fsp3) is 0. The Labute approximate surface area is 250 Å². The molecule has 43 heavy (non-hydrogen) atoms. The first kappa shape index (κ1) is 24.3. The van der Waals surface area contributed by atoms with E-state index in [0.717, 1.165) is 39.2 Å². The first-order chi connectivity index (χ1) is 21.3. The monoisotopic (exact) mass is 568 g/mol. The van der Waals surface area contributed by atoms with Gasteiger partial charge in [0.05, 0.1) is 11.0 Å². The lowest BCUT2D eigenvalue weighted by atomic mass is 9.48. The van der Waals surface area contributed by atoms with E-state index in [2.05, 4.69) is 126 Å². The standard InChI is InChI=1S/C37H25BN2O2Si/c1-4-14-26(15-5-1)43(27-16-6-2-7-17-27,28-18-8-3-9-19-28)34-25-12-21-30-36(34)39-37-40(30)38-29-20-10-11-22-31(29)41-32-23-13-24-33(42-37)35(32)38/h1-25H. The molecule has 0 N–H and O–H groups in total. The number of aromatic nitrogens is 2. The second kappa shape index (κ2) is 9.34. The number of rotatable bonds is 4. The molecular formula is C37H25BN2O2Si. The predicted molar refractivity (Wildman–Crippen MR) is 177 cm³/mol. The molecule has 9 rings (SSSR count). The molecule has 0 aliphatic carbocycles. The van der Waals surface area contributed by atoms with Crippen molar-refractivity contribution in [2.75, 3.05) is 0 Å². The molecule has 3 heterocycles. The third-order valence-corrected chi connectivity index (χ3v) is 13.7. The molecule has 0 saturated heterocycles. The Morgan fingerprint density at radius 1 is 0.512 bits per heavy atom. The Morgan fingerprint density at radius 2 is 1.05 bits per heavy atom. The zero-order chi connectivity index (χ0) is 28.4. The third-order valence-electron chi connectivity index (χ3n) is 8.90. The first-order valence-corrected chi connectivity index (χ1v) is 16.6. The zero-order valence-electron chi connectivity index (χ0n) is 23.2. The fourth-order valence-corrected chi connectivity index (χ4v) is 12.1. The van der Waals surface area contributed by atoms with E-state index in [1.807, 2.05) is 30.3 Å². The van der Waals surface area contributed by atoms with Crippen LogP contribution in [0.25, 0.3) is 11.0 Å². The van der Waals surface area contributed by atoms with Gasteiger partial charge in [-0.1, -0.05) is 127 Å². The summed E-state index contributed by atoms with van der Waals surface area (Å²) in [5.41, 5.74) is 4.17. The number of fused-ring (bicyclic) bond motifs is 6. The van der Waals surface area contributed by atoms with Crippen molar-refractivity contribution in [3.05, 3.63) is 152 Å². The van der Waals surface area contributed by atoms with Crippen LogP contribution in [0.15, 0.2) is 152 Å². The highest BCUT2D eigenvalue weighted by Gasteiger charge is 2.46. The normalized spacial score (nSPS) is 13.0. The van der Waals surface area contributed by atoms with E-state index >= 15 is 0 Å². The molecule has 2 aliphatic rings. The van der Waals surface area contributed by atoms with Crippen LogP contribution in [0.1, 0.15) is 0 Å². The summed E-state index contributed by atoms with van der Waals surface area (Å²) in [6, 6.07) is 54.5. The summed E-state index contributed by atoms with van der Waals surface area (Å²) < 4.78 is 15.2. The van der Waals surface area contributed by atoms with E-state index in [4.69, 9.17) is 14.5 Å². The lowest BCUT2D eigenvalue weighted by Crippen LogP contribution is -2.74. The van der Waals surface area contributed by atoms with Crippen molar-refractivity contribution in [1.82, 2.24) is 9.46 Å². The van der Waals surface area contributed by atoms with E-state index in [1.165, 1.54) is 20.7 Å². The van der Waals surface area contributed by atoms with Crippen LogP contribution in [0.2, 0.25) is 0 Å². The van der Waals surface area contributed by atoms with Crippen LogP contribution in [-0.4, -0.2) is 24.4 Å². The van der Waals surface area contributed by atoms with Crippen molar-refractivity contribution < 1.29 is 9.47 Å². The number of imidazole rings is 1. The summed E-state index contributed by atoms with van der Waals surface area (Å²) >= 11 is 0. The van der Waals surface area contributed by atoms with Crippen molar-refractivity contribution in [1.29, 1.82) is 0 Å². The Bertz CT molecular complexity index is 2050. The quantitative estimate of drug-likeness (QED) is 0.235. The van der Waals surface area contributed by atoms with Gasteiger partial charge in [-0.25, -0.2) is 0 Å². The summed E-state index contributed by atoms with van der Waals surface area (Å²) in [5, 5.41) is 5.18. The highest BCUT2D eigenvalue weighted by Crippen LogP contribution is 2.37. The van der Waals surface area contributed by atoms with Gasteiger partial charge in [0.1, 0.15) is 17.2 Å². The maximum absolute atomic E-state index is 6.60. The minimum atomic E-state index is -2.82. The second-order valence-corrected chi connectivity index (χ2v) is 14.9. The van der Waals surface area contributed by atoms with Crippen LogP contribution < -0.4 is 41.1 Å². The molecule has 0 spiro atoms. The molecule has 4 nitrogen and oxygen atoms in total. The summed E-state index contributed by atoms with van der Waals surface area (Å²) in [5.74, 6) is 2.48. The van der Waals surface area contributed by atoms with E-state index in [1.54, 1.807) is 0 Å². The number of benzene rings is 6. The van der Waals surface area contributed by atoms with Gasteiger partial charge in [-0.2, -0.15) is 4.98 Å². The molecule has 6 heteroatoms. The van der Waals surface area contributed by atoms with Crippen LogP contribution in [0.3, 0.4) is 0 Å². The van der Waals surface area contributed by atoms with E-state index < -0.39 is 8.07 Å². The zero-order valence-corrected chi connectivity index (χ0v) is 24.2. The minimum Gasteiger partial charge on any atom is -0.458 e. The molecule has 0 radical (unpaired) electrons. The van der Waals surface area contributed by atoms with Crippen LogP contribution in [0.4, 0.5) is 0 Å². The number of hydrogen-bond acceptors (Lipinski definition) is 3. The van der Waals surface area contributed by atoms with Crippen LogP contribution in [0, 0.1) is 0 Å². The van der Waals surface area contributed by atoms with Gasteiger partial charge in [0.25, 0.3) is 6.01 Å². The summed E-state index contributed by atoms with van der Waals surface area (Å²) in [6.07, 6.45) is 0.